The topological polar surface area (TPSA) is 73.7 Å². The van der Waals surface area contributed by atoms with Crippen LogP contribution in [0.4, 0.5) is 10.5 Å². The van der Waals surface area contributed by atoms with Crippen molar-refractivity contribution in [3.63, 3.8) is 0 Å². The minimum absolute atomic E-state index is 0.206. The van der Waals surface area contributed by atoms with E-state index >= 15 is 0 Å². The Hall–Kier alpha value is -2.92. The number of amides is 1. The molecule has 1 unspecified atom stereocenters. The summed E-state index contributed by atoms with van der Waals surface area (Å²) < 4.78 is 0. The molecule has 0 fully saturated rings. The summed E-state index contributed by atoms with van der Waals surface area (Å²) in [5, 5.41) is 21.8. The van der Waals surface area contributed by atoms with Crippen molar-refractivity contribution < 1.29 is 15.0 Å². The van der Waals surface area contributed by atoms with Gasteiger partial charge in [0.15, 0.2) is 0 Å². The lowest BCUT2D eigenvalue weighted by atomic mass is 10.1. The molecule has 1 heterocycles. The van der Waals surface area contributed by atoms with E-state index in [-0.39, 0.29) is 6.54 Å². The predicted molar refractivity (Wildman–Crippen MR) is 93.1 cm³/mol. The molecule has 0 radical (unpaired) electrons. The minimum atomic E-state index is -1.03. The average molecular weight is 322 g/mol. The maximum Gasteiger partial charge on any atom is 0.411 e. The molecule has 0 aliphatic carbocycles. The Morgan fingerprint density at radius 1 is 1.04 bits per heavy atom. The highest BCUT2D eigenvalue weighted by atomic mass is 16.4. The number of rotatable bonds is 5. The van der Waals surface area contributed by atoms with E-state index in [9.17, 15) is 15.0 Å². The van der Waals surface area contributed by atoms with E-state index in [1.54, 1.807) is 30.6 Å². The molecule has 24 heavy (non-hydrogen) atoms. The first kappa shape index (κ1) is 16.0. The lowest BCUT2D eigenvalue weighted by Crippen LogP contribution is -2.31. The highest BCUT2D eigenvalue weighted by Gasteiger charge is 2.17. The molecule has 2 aromatic carbocycles. The molecule has 3 aromatic rings. The van der Waals surface area contributed by atoms with E-state index in [1.165, 1.54) is 4.90 Å². The number of fused-ring (bicyclic) bond motifs is 1. The summed E-state index contributed by atoms with van der Waals surface area (Å²) in [4.78, 5) is 16.8. The fourth-order valence-corrected chi connectivity index (χ4v) is 2.68. The van der Waals surface area contributed by atoms with Gasteiger partial charge in [-0.3, -0.25) is 9.88 Å². The van der Waals surface area contributed by atoms with E-state index in [0.717, 1.165) is 16.3 Å². The number of aromatic nitrogens is 1. The highest BCUT2D eigenvalue weighted by molar-refractivity contribution is 5.92. The van der Waals surface area contributed by atoms with Crippen LogP contribution in [0.5, 0.6) is 0 Å². The molecule has 1 amide bonds. The van der Waals surface area contributed by atoms with Crippen LogP contribution in [0, 0.1) is 0 Å². The quantitative estimate of drug-likeness (QED) is 0.748. The maximum absolute atomic E-state index is 11.6. The minimum Gasteiger partial charge on any atom is -0.465 e. The lowest BCUT2D eigenvalue weighted by Gasteiger charge is -2.21. The number of nitrogens with zero attached hydrogens (tertiary/aromatic N) is 2. The molecule has 5 nitrogen and oxygen atoms in total. The molecule has 0 spiro atoms. The summed E-state index contributed by atoms with van der Waals surface area (Å²) >= 11 is 0. The van der Waals surface area contributed by atoms with Crippen molar-refractivity contribution in [3.8, 4) is 0 Å². The molecular formula is C19H18N2O3. The fourth-order valence-electron chi connectivity index (χ4n) is 2.68. The molecule has 0 saturated heterocycles. The second-order valence-electron chi connectivity index (χ2n) is 5.55. The molecule has 5 heteroatoms. The van der Waals surface area contributed by atoms with Crippen LogP contribution in [0.1, 0.15) is 18.1 Å². The van der Waals surface area contributed by atoms with Gasteiger partial charge in [-0.1, -0.05) is 30.3 Å². The van der Waals surface area contributed by atoms with Crippen molar-refractivity contribution in [2.24, 2.45) is 0 Å². The Morgan fingerprint density at radius 3 is 2.46 bits per heavy atom. The van der Waals surface area contributed by atoms with Crippen molar-refractivity contribution in [3.05, 3.63) is 72.6 Å². The lowest BCUT2D eigenvalue weighted by molar-refractivity contribution is 0.166. The smallest absolute Gasteiger partial charge is 0.411 e. The standard InChI is InChI=1S/C19H18N2O3/c22-18(15-7-10-20-11-8-15)9-12-21(19(23)24)17-6-5-14-3-1-2-4-16(14)13-17/h1-8,10-11,13,18,22H,9,12H2,(H,23,24). The summed E-state index contributed by atoms with van der Waals surface area (Å²) in [5.41, 5.74) is 1.33. The molecule has 1 aromatic heterocycles. The van der Waals surface area contributed by atoms with Gasteiger partial charge < -0.3 is 10.2 Å². The van der Waals surface area contributed by atoms with Gasteiger partial charge in [-0.15, -0.1) is 0 Å². The van der Waals surface area contributed by atoms with Crippen molar-refractivity contribution >= 4 is 22.6 Å². The van der Waals surface area contributed by atoms with Gasteiger partial charge in [-0.05, 0) is 47.0 Å². The first-order valence-electron chi connectivity index (χ1n) is 7.72. The maximum atomic E-state index is 11.6. The van der Waals surface area contributed by atoms with Crippen molar-refractivity contribution in [2.75, 3.05) is 11.4 Å². The normalized spacial score (nSPS) is 12.0. The molecular weight excluding hydrogens is 304 g/mol. The largest absolute Gasteiger partial charge is 0.465 e. The van der Waals surface area contributed by atoms with Gasteiger partial charge in [-0.25, -0.2) is 4.79 Å². The Bertz CT molecular complexity index is 836. The van der Waals surface area contributed by atoms with Crippen LogP contribution in [0.2, 0.25) is 0 Å². The van der Waals surface area contributed by atoms with Crippen LogP contribution >= 0.6 is 0 Å². The number of pyridine rings is 1. The van der Waals surface area contributed by atoms with Crippen LogP contribution < -0.4 is 4.90 Å². The third kappa shape index (κ3) is 3.52. The zero-order valence-electron chi connectivity index (χ0n) is 13.0. The first-order valence-corrected chi connectivity index (χ1v) is 7.72. The molecule has 0 aliphatic heterocycles. The highest BCUT2D eigenvalue weighted by Crippen LogP contribution is 2.24. The van der Waals surface area contributed by atoms with E-state index in [1.807, 2.05) is 36.4 Å². The Morgan fingerprint density at radius 2 is 1.75 bits per heavy atom. The van der Waals surface area contributed by atoms with E-state index in [0.29, 0.717) is 12.1 Å². The number of hydrogen-bond acceptors (Lipinski definition) is 3. The van der Waals surface area contributed by atoms with Gasteiger partial charge in [0.1, 0.15) is 0 Å². The summed E-state index contributed by atoms with van der Waals surface area (Å²) in [5.74, 6) is 0. The number of benzene rings is 2. The second-order valence-corrected chi connectivity index (χ2v) is 5.55. The Kier molecular flexibility index (Phi) is 4.72. The van der Waals surface area contributed by atoms with Gasteiger partial charge in [0.25, 0.3) is 0 Å². The molecule has 122 valence electrons. The number of hydrogen-bond donors (Lipinski definition) is 2. The predicted octanol–water partition coefficient (Wildman–Crippen LogP) is 3.84. The van der Waals surface area contributed by atoms with Crippen LogP contribution in [0.15, 0.2) is 67.0 Å². The fraction of sp³-hybridized carbons (Fsp3) is 0.158. The molecule has 0 saturated carbocycles. The van der Waals surface area contributed by atoms with E-state index < -0.39 is 12.2 Å². The van der Waals surface area contributed by atoms with Gasteiger partial charge in [0, 0.05) is 24.6 Å². The summed E-state index contributed by atoms with van der Waals surface area (Å²) in [7, 11) is 0. The zero-order valence-corrected chi connectivity index (χ0v) is 13.0. The van der Waals surface area contributed by atoms with Crippen LogP contribution in [0.25, 0.3) is 10.8 Å². The van der Waals surface area contributed by atoms with Gasteiger partial charge in [0.05, 0.1) is 6.10 Å². The number of carboxylic acid groups (broad SMARTS) is 1. The van der Waals surface area contributed by atoms with Gasteiger partial charge >= 0.3 is 6.09 Å². The van der Waals surface area contributed by atoms with E-state index in [4.69, 9.17) is 0 Å². The Labute approximate surface area is 139 Å². The molecule has 2 N–H and O–H groups in total. The van der Waals surface area contributed by atoms with Crippen LogP contribution in [-0.2, 0) is 0 Å². The SMILES string of the molecule is O=C(O)N(CCC(O)c1ccncc1)c1ccc2ccccc2c1. The van der Waals surface area contributed by atoms with Gasteiger partial charge in [-0.2, -0.15) is 0 Å². The van der Waals surface area contributed by atoms with Crippen molar-refractivity contribution in [1.82, 2.24) is 4.98 Å². The third-order valence-corrected chi connectivity index (χ3v) is 3.99. The third-order valence-electron chi connectivity index (χ3n) is 3.99. The summed E-state index contributed by atoms with van der Waals surface area (Å²) in [6, 6.07) is 16.8. The van der Waals surface area contributed by atoms with Crippen molar-refractivity contribution in [2.45, 2.75) is 12.5 Å². The number of carbonyl (C=O) groups is 1. The summed E-state index contributed by atoms with van der Waals surface area (Å²) in [6.07, 6.45) is 1.76. The zero-order chi connectivity index (χ0) is 16.9. The van der Waals surface area contributed by atoms with Crippen LogP contribution in [0.3, 0.4) is 0 Å². The number of anilines is 1. The van der Waals surface area contributed by atoms with Gasteiger partial charge in [0.2, 0.25) is 0 Å². The average Bonchev–Trinajstić information content (AvgIpc) is 2.62. The monoisotopic (exact) mass is 322 g/mol. The van der Waals surface area contributed by atoms with Crippen LogP contribution in [-0.4, -0.2) is 27.8 Å². The molecule has 3 rings (SSSR count). The Balaban J connectivity index is 1.77. The first-order chi connectivity index (χ1) is 11.6. The number of aliphatic hydroxyl groups is 1. The molecule has 0 aliphatic rings. The molecule has 1 atom stereocenters. The van der Waals surface area contributed by atoms with E-state index in [2.05, 4.69) is 4.98 Å². The second kappa shape index (κ2) is 7.10. The molecule has 0 bridgehead atoms. The number of aliphatic hydroxyl groups excluding tert-OH is 1. The summed E-state index contributed by atoms with van der Waals surface area (Å²) in [6.45, 7) is 0.206. The van der Waals surface area contributed by atoms with Crippen molar-refractivity contribution in [1.29, 1.82) is 0 Å².